The van der Waals surface area contributed by atoms with Gasteiger partial charge in [0.2, 0.25) is 0 Å². The molecule has 2 aromatic heterocycles. The van der Waals surface area contributed by atoms with E-state index in [1.165, 1.54) is 22.4 Å². The van der Waals surface area contributed by atoms with E-state index in [9.17, 15) is 0 Å². The zero-order valence-electron chi connectivity index (χ0n) is 15.7. The molecule has 0 N–H and O–H groups in total. The number of aromatic nitrogens is 2. The largest absolute Gasteiger partial charge is 0.456 e. The minimum absolute atomic E-state index is 0.903. The summed E-state index contributed by atoms with van der Waals surface area (Å²) in [5.41, 5.74) is 7.88. The van der Waals surface area contributed by atoms with Crippen molar-refractivity contribution in [1.82, 2.24) is 9.55 Å². The molecule has 2 heterocycles. The Morgan fingerprint density at radius 1 is 0.815 bits per heavy atom. The molecule has 0 aliphatic heterocycles. The average Bonchev–Trinajstić information content (AvgIpc) is 3.25. The predicted octanol–water partition coefficient (Wildman–Crippen LogP) is 6.36. The monoisotopic (exact) mass is 352 g/mol. The highest BCUT2D eigenvalue weighted by Crippen LogP contribution is 2.33. The van der Waals surface area contributed by atoms with Crippen LogP contribution in [0.25, 0.3) is 39.0 Å². The van der Waals surface area contributed by atoms with Crippen molar-refractivity contribution in [3.05, 3.63) is 83.7 Å². The Bertz CT molecular complexity index is 1280. The van der Waals surface area contributed by atoms with Gasteiger partial charge in [0.15, 0.2) is 0 Å². The molecule has 0 spiro atoms. The summed E-state index contributed by atoms with van der Waals surface area (Å²) in [7, 11) is 0. The molecular weight excluding hydrogens is 332 g/mol. The van der Waals surface area contributed by atoms with Gasteiger partial charge in [0.1, 0.15) is 17.0 Å². The quantitative estimate of drug-likeness (QED) is 0.370. The molecule has 0 bridgehead atoms. The van der Waals surface area contributed by atoms with Gasteiger partial charge in [0, 0.05) is 28.7 Å². The summed E-state index contributed by atoms with van der Waals surface area (Å²) >= 11 is 0. The first-order valence-corrected chi connectivity index (χ1v) is 9.15. The van der Waals surface area contributed by atoms with Crippen LogP contribution in [0, 0.1) is 20.8 Å². The molecule has 3 aromatic carbocycles. The van der Waals surface area contributed by atoms with Gasteiger partial charge in [-0.2, -0.15) is 0 Å². The molecule has 0 atom stereocenters. The molecule has 5 aromatic rings. The molecule has 5 rings (SSSR count). The number of aryl methyl sites for hydroxylation is 3. The lowest BCUT2D eigenvalue weighted by Gasteiger charge is -2.15. The first-order valence-electron chi connectivity index (χ1n) is 9.15. The number of imidazole rings is 1. The second-order valence-electron chi connectivity index (χ2n) is 7.18. The molecule has 0 radical (unpaired) electrons. The molecule has 132 valence electrons. The Hall–Kier alpha value is -3.33. The van der Waals surface area contributed by atoms with Crippen LogP contribution in [0.5, 0.6) is 0 Å². The third-order valence-electron chi connectivity index (χ3n) is 5.15. The topological polar surface area (TPSA) is 31.0 Å². The van der Waals surface area contributed by atoms with Crippen LogP contribution in [0.1, 0.15) is 16.7 Å². The summed E-state index contributed by atoms with van der Waals surface area (Å²) < 4.78 is 8.15. The SMILES string of the molecule is Cc1cc(C)c(-n2ccnc2-c2ccc3oc4ccccc4c3c2)c(C)c1. The standard InChI is InChI=1S/C24H20N2O/c1-15-12-16(2)23(17(3)13-15)26-11-10-25-24(26)18-8-9-22-20(14-18)19-6-4-5-7-21(19)27-22/h4-14H,1-3H3. The predicted molar refractivity (Wildman–Crippen MR) is 110 cm³/mol. The van der Waals surface area contributed by atoms with E-state index in [0.29, 0.717) is 0 Å². The van der Waals surface area contributed by atoms with Gasteiger partial charge in [0.05, 0.1) is 5.69 Å². The number of nitrogens with zero attached hydrogens (tertiary/aromatic N) is 2. The Morgan fingerprint density at radius 2 is 1.56 bits per heavy atom. The number of hydrogen-bond donors (Lipinski definition) is 0. The average molecular weight is 352 g/mol. The van der Waals surface area contributed by atoms with Gasteiger partial charge < -0.3 is 4.42 Å². The van der Waals surface area contributed by atoms with Crippen molar-refractivity contribution in [2.24, 2.45) is 0 Å². The van der Waals surface area contributed by atoms with Crippen LogP contribution in [-0.2, 0) is 0 Å². The highest BCUT2D eigenvalue weighted by Gasteiger charge is 2.14. The van der Waals surface area contributed by atoms with Gasteiger partial charge in [-0.25, -0.2) is 4.98 Å². The van der Waals surface area contributed by atoms with Crippen molar-refractivity contribution in [2.45, 2.75) is 20.8 Å². The Morgan fingerprint density at radius 3 is 2.37 bits per heavy atom. The van der Waals surface area contributed by atoms with E-state index in [1.54, 1.807) is 0 Å². The Kier molecular flexibility index (Phi) is 3.44. The summed E-state index contributed by atoms with van der Waals surface area (Å²) in [6, 6.07) is 18.9. The van der Waals surface area contributed by atoms with Crippen LogP contribution >= 0.6 is 0 Å². The zero-order chi connectivity index (χ0) is 18.5. The maximum Gasteiger partial charge on any atom is 0.144 e. The number of para-hydroxylation sites is 1. The smallest absolute Gasteiger partial charge is 0.144 e. The second kappa shape index (κ2) is 5.85. The van der Waals surface area contributed by atoms with Gasteiger partial charge in [0.25, 0.3) is 0 Å². The minimum atomic E-state index is 0.903. The lowest BCUT2D eigenvalue weighted by Crippen LogP contribution is -2.02. The van der Waals surface area contributed by atoms with Crippen molar-refractivity contribution < 1.29 is 4.42 Å². The third-order valence-corrected chi connectivity index (χ3v) is 5.15. The first kappa shape index (κ1) is 15.9. The molecule has 0 saturated carbocycles. The van der Waals surface area contributed by atoms with Crippen molar-refractivity contribution in [2.75, 3.05) is 0 Å². The van der Waals surface area contributed by atoms with E-state index < -0.39 is 0 Å². The van der Waals surface area contributed by atoms with Crippen LogP contribution < -0.4 is 0 Å². The molecule has 0 aliphatic carbocycles. The van der Waals surface area contributed by atoms with Gasteiger partial charge in [-0.3, -0.25) is 4.57 Å². The second-order valence-corrected chi connectivity index (χ2v) is 7.18. The molecule has 27 heavy (non-hydrogen) atoms. The summed E-state index contributed by atoms with van der Waals surface area (Å²) in [5.74, 6) is 0.942. The van der Waals surface area contributed by atoms with Gasteiger partial charge in [-0.1, -0.05) is 35.9 Å². The third kappa shape index (κ3) is 2.47. The van der Waals surface area contributed by atoms with Gasteiger partial charge in [-0.05, 0) is 56.2 Å². The number of fused-ring (bicyclic) bond motifs is 3. The summed E-state index contributed by atoms with van der Waals surface area (Å²) in [6.07, 6.45) is 3.91. The highest BCUT2D eigenvalue weighted by atomic mass is 16.3. The highest BCUT2D eigenvalue weighted by molar-refractivity contribution is 6.06. The van der Waals surface area contributed by atoms with Crippen molar-refractivity contribution >= 4 is 21.9 Å². The van der Waals surface area contributed by atoms with E-state index in [0.717, 1.165) is 33.3 Å². The maximum absolute atomic E-state index is 5.96. The number of hydrogen-bond acceptors (Lipinski definition) is 2. The molecule has 0 aliphatic rings. The molecule has 0 unspecified atom stereocenters. The van der Waals surface area contributed by atoms with Crippen molar-refractivity contribution in [3.63, 3.8) is 0 Å². The Labute approximate surface area is 157 Å². The molecule has 0 fully saturated rings. The van der Waals surface area contributed by atoms with Crippen molar-refractivity contribution in [3.8, 4) is 17.1 Å². The van der Waals surface area contributed by atoms with Crippen molar-refractivity contribution in [1.29, 1.82) is 0 Å². The summed E-state index contributed by atoms with van der Waals surface area (Å²) in [5, 5.41) is 2.25. The zero-order valence-corrected chi connectivity index (χ0v) is 15.7. The minimum Gasteiger partial charge on any atom is -0.456 e. The lowest BCUT2D eigenvalue weighted by atomic mass is 10.0. The van der Waals surface area contributed by atoms with Crippen LogP contribution in [0.15, 0.2) is 71.4 Å². The van der Waals surface area contributed by atoms with E-state index in [-0.39, 0.29) is 0 Å². The number of benzene rings is 3. The summed E-state index contributed by atoms with van der Waals surface area (Å²) in [6.45, 7) is 6.45. The fourth-order valence-electron chi connectivity index (χ4n) is 4.12. The number of rotatable bonds is 2. The first-order chi connectivity index (χ1) is 13.1. The normalized spacial score (nSPS) is 11.5. The molecular formula is C24H20N2O. The van der Waals surface area contributed by atoms with Crippen LogP contribution in [0.3, 0.4) is 0 Å². The molecule has 0 saturated heterocycles. The maximum atomic E-state index is 5.96. The van der Waals surface area contributed by atoms with E-state index >= 15 is 0 Å². The van der Waals surface area contributed by atoms with Gasteiger partial charge >= 0.3 is 0 Å². The fraction of sp³-hybridized carbons (Fsp3) is 0.125. The van der Waals surface area contributed by atoms with E-state index in [4.69, 9.17) is 4.42 Å². The van der Waals surface area contributed by atoms with Crippen LogP contribution in [0.4, 0.5) is 0 Å². The molecule has 3 heteroatoms. The fourth-order valence-corrected chi connectivity index (χ4v) is 4.12. The Balaban J connectivity index is 1.73. The van der Waals surface area contributed by atoms with Crippen LogP contribution in [0.2, 0.25) is 0 Å². The number of furan rings is 1. The lowest BCUT2D eigenvalue weighted by molar-refractivity contribution is 0.669. The van der Waals surface area contributed by atoms with E-state index in [2.05, 4.69) is 60.7 Å². The van der Waals surface area contributed by atoms with Crippen LogP contribution in [-0.4, -0.2) is 9.55 Å². The van der Waals surface area contributed by atoms with Gasteiger partial charge in [-0.15, -0.1) is 0 Å². The summed E-state index contributed by atoms with van der Waals surface area (Å²) in [4.78, 5) is 4.67. The molecule has 0 amide bonds. The molecule has 3 nitrogen and oxygen atoms in total. The van der Waals surface area contributed by atoms with E-state index in [1.807, 2.05) is 36.7 Å².